The summed E-state index contributed by atoms with van der Waals surface area (Å²) in [5.41, 5.74) is 0.622. The minimum Gasteiger partial charge on any atom is -0.224 e. The Balaban J connectivity index is 3.66. The van der Waals surface area contributed by atoms with Gasteiger partial charge in [0.25, 0.3) is 0 Å². The lowest BCUT2D eigenvalue weighted by Crippen LogP contribution is -2.02. The van der Waals surface area contributed by atoms with Gasteiger partial charge >= 0.3 is 0 Å². The van der Waals surface area contributed by atoms with E-state index in [9.17, 15) is 8.42 Å². The first-order valence-corrected chi connectivity index (χ1v) is 6.04. The molecule has 0 aliphatic rings. The van der Waals surface area contributed by atoms with Crippen molar-refractivity contribution >= 4 is 21.4 Å². The van der Waals surface area contributed by atoms with Gasteiger partial charge in [-0.15, -0.1) is 0 Å². The highest BCUT2D eigenvalue weighted by molar-refractivity contribution is 7.90. The molecular formula is C9H8ClNO2S. The van der Waals surface area contributed by atoms with Crippen LogP contribution in [0.15, 0.2) is 17.0 Å². The predicted octanol–water partition coefficient (Wildman–Crippen LogP) is 1.92. The van der Waals surface area contributed by atoms with Crippen molar-refractivity contribution in [2.24, 2.45) is 0 Å². The second-order valence-electron chi connectivity index (χ2n) is 2.93. The van der Waals surface area contributed by atoms with Gasteiger partial charge in [0.1, 0.15) is 6.07 Å². The zero-order valence-electron chi connectivity index (χ0n) is 7.70. The fourth-order valence-electron chi connectivity index (χ4n) is 1.11. The van der Waals surface area contributed by atoms with Gasteiger partial charge in [-0.3, -0.25) is 0 Å². The first-order valence-electron chi connectivity index (χ1n) is 3.77. The number of hydrogen-bond acceptors (Lipinski definition) is 3. The van der Waals surface area contributed by atoms with Crippen LogP contribution in [0.25, 0.3) is 0 Å². The van der Waals surface area contributed by atoms with Crippen LogP contribution >= 0.6 is 11.6 Å². The molecule has 0 spiro atoms. The van der Waals surface area contributed by atoms with E-state index in [0.717, 1.165) is 6.26 Å². The molecule has 0 bridgehead atoms. The number of sulfone groups is 1. The average Bonchev–Trinajstić information content (AvgIpc) is 2.07. The predicted molar refractivity (Wildman–Crippen MR) is 54.0 cm³/mol. The Labute approximate surface area is 87.8 Å². The van der Waals surface area contributed by atoms with Crippen LogP contribution < -0.4 is 0 Å². The SMILES string of the molecule is Cc1c(Cl)ccc(S(C)(=O)=O)c1C#N. The number of nitriles is 1. The van der Waals surface area contributed by atoms with E-state index in [1.54, 1.807) is 6.92 Å². The summed E-state index contributed by atoms with van der Waals surface area (Å²) in [5, 5.41) is 9.21. The quantitative estimate of drug-likeness (QED) is 0.739. The van der Waals surface area contributed by atoms with Crippen molar-refractivity contribution in [1.82, 2.24) is 0 Å². The Hall–Kier alpha value is -1.05. The Kier molecular flexibility index (Phi) is 2.84. The van der Waals surface area contributed by atoms with Crippen LogP contribution in [0.5, 0.6) is 0 Å². The van der Waals surface area contributed by atoms with Crippen molar-refractivity contribution in [1.29, 1.82) is 5.26 Å². The summed E-state index contributed by atoms with van der Waals surface area (Å²) in [7, 11) is -3.37. The van der Waals surface area contributed by atoms with Gasteiger partial charge in [-0.2, -0.15) is 5.26 Å². The molecule has 74 valence electrons. The molecule has 0 amide bonds. The van der Waals surface area contributed by atoms with Crippen molar-refractivity contribution in [2.45, 2.75) is 11.8 Å². The van der Waals surface area contributed by atoms with Crippen LogP contribution in [0.3, 0.4) is 0 Å². The lowest BCUT2D eigenvalue weighted by molar-refractivity contribution is 0.601. The topological polar surface area (TPSA) is 57.9 Å². The average molecular weight is 230 g/mol. The van der Waals surface area contributed by atoms with Crippen molar-refractivity contribution in [3.8, 4) is 6.07 Å². The molecule has 0 heterocycles. The van der Waals surface area contributed by atoms with Gasteiger partial charge in [-0.05, 0) is 24.6 Å². The monoisotopic (exact) mass is 229 g/mol. The number of halogens is 1. The summed E-state index contributed by atoms with van der Waals surface area (Å²) in [6, 6.07) is 4.68. The van der Waals surface area contributed by atoms with E-state index >= 15 is 0 Å². The van der Waals surface area contributed by atoms with Crippen molar-refractivity contribution in [3.05, 3.63) is 28.3 Å². The van der Waals surface area contributed by atoms with Gasteiger partial charge in [0.2, 0.25) is 0 Å². The first kappa shape index (κ1) is 11.0. The highest BCUT2D eigenvalue weighted by Crippen LogP contribution is 2.24. The second-order valence-corrected chi connectivity index (χ2v) is 5.32. The Morgan fingerprint density at radius 2 is 2.00 bits per heavy atom. The largest absolute Gasteiger partial charge is 0.224 e. The maximum absolute atomic E-state index is 11.3. The van der Waals surface area contributed by atoms with Crippen LogP contribution in [0.1, 0.15) is 11.1 Å². The maximum atomic E-state index is 11.3. The summed E-state index contributed by atoms with van der Waals surface area (Å²) < 4.78 is 22.6. The van der Waals surface area contributed by atoms with Gasteiger partial charge in [-0.1, -0.05) is 11.6 Å². The molecule has 0 fully saturated rings. The van der Waals surface area contributed by atoms with E-state index in [2.05, 4.69) is 0 Å². The second kappa shape index (κ2) is 3.60. The number of hydrogen-bond donors (Lipinski definition) is 0. The smallest absolute Gasteiger partial charge is 0.176 e. The van der Waals surface area contributed by atoms with Crippen LogP contribution in [-0.2, 0) is 9.84 Å². The van der Waals surface area contributed by atoms with Crippen LogP contribution in [-0.4, -0.2) is 14.7 Å². The fraction of sp³-hybridized carbons (Fsp3) is 0.222. The van der Waals surface area contributed by atoms with Crippen LogP contribution in [0, 0.1) is 18.3 Å². The summed E-state index contributed by atoms with van der Waals surface area (Å²) >= 11 is 5.77. The van der Waals surface area contributed by atoms with Crippen molar-refractivity contribution in [3.63, 3.8) is 0 Å². The van der Waals surface area contributed by atoms with Crippen LogP contribution in [0.4, 0.5) is 0 Å². The van der Waals surface area contributed by atoms with Gasteiger partial charge < -0.3 is 0 Å². The molecule has 0 aliphatic carbocycles. The third kappa shape index (κ3) is 1.89. The maximum Gasteiger partial charge on any atom is 0.176 e. The van der Waals surface area contributed by atoms with Crippen molar-refractivity contribution in [2.75, 3.05) is 6.26 Å². The molecule has 0 N–H and O–H groups in total. The number of nitrogens with zero attached hydrogens (tertiary/aromatic N) is 1. The molecule has 0 unspecified atom stereocenters. The molecule has 5 heteroatoms. The lowest BCUT2D eigenvalue weighted by Gasteiger charge is -2.05. The zero-order chi connectivity index (χ0) is 10.9. The molecule has 1 aromatic rings. The molecule has 1 rings (SSSR count). The molecule has 0 radical (unpaired) electrons. The molecule has 0 saturated carbocycles. The molecule has 0 aromatic heterocycles. The lowest BCUT2D eigenvalue weighted by atomic mass is 10.1. The van der Waals surface area contributed by atoms with E-state index in [4.69, 9.17) is 16.9 Å². The summed E-state index contributed by atoms with van der Waals surface area (Å²) in [6.45, 7) is 1.62. The van der Waals surface area contributed by atoms with Crippen LogP contribution in [0.2, 0.25) is 5.02 Å². The minimum atomic E-state index is -3.37. The summed E-state index contributed by atoms with van der Waals surface area (Å²) in [6.07, 6.45) is 1.07. The molecule has 0 saturated heterocycles. The third-order valence-corrected chi connectivity index (χ3v) is 3.42. The third-order valence-electron chi connectivity index (χ3n) is 1.87. The van der Waals surface area contributed by atoms with Gasteiger partial charge in [-0.25, -0.2) is 8.42 Å². The first-order chi connectivity index (χ1) is 6.38. The van der Waals surface area contributed by atoms with Gasteiger partial charge in [0, 0.05) is 11.3 Å². The zero-order valence-corrected chi connectivity index (χ0v) is 9.28. The molecule has 1 aromatic carbocycles. The van der Waals surface area contributed by atoms with Crippen molar-refractivity contribution < 1.29 is 8.42 Å². The Bertz CT molecular complexity index is 514. The molecular weight excluding hydrogens is 222 g/mol. The highest BCUT2D eigenvalue weighted by Gasteiger charge is 2.16. The summed E-state index contributed by atoms with van der Waals surface area (Å²) in [5.74, 6) is 0. The molecule has 3 nitrogen and oxygen atoms in total. The van der Waals surface area contributed by atoms with E-state index in [0.29, 0.717) is 10.6 Å². The Morgan fingerprint density at radius 1 is 1.43 bits per heavy atom. The van der Waals surface area contributed by atoms with E-state index < -0.39 is 9.84 Å². The molecule has 0 atom stereocenters. The molecule has 14 heavy (non-hydrogen) atoms. The summed E-state index contributed by atoms with van der Waals surface area (Å²) in [4.78, 5) is 0.0295. The van der Waals surface area contributed by atoms with E-state index in [-0.39, 0.29) is 10.5 Å². The fourth-order valence-corrected chi connectivity index (χ4v) is 2.15. The number of benzene rings is 1. The number of rotatable bonds is 1. The highest BCUT2D eigenvalue weighted by atomic mass is 35.5. The van der Waals surface area contributed by atoms with E-state index in [1.807, 2.05) is 6.07 Å². The van der Waals surface area contributed by atoms with Gasteiger partial charge in [0.15, 0.2) is 9.84 Å². The van der Waals surface area contributed by atoms with Gasteiger partial charge in [0.05, 0.1) is 10.5 Å². The standard InChI is InChI=1S/C9H8ClNO2S/c1-6-7(5-11)9(14(2,12)13)4-3-8(6)10/h3-4H,1-2H3. The normalized spacial score (nSPS) is 11.0. The molecule has 0 aliphatic heterocycles. The van der Waals surface area contributed by atoms with E-state index in [1.165, 1.54) is 12.1 Å². The Morgan fingerprint density at radius 3 is 2.43 bits per heavy atom. The minimum absolute atomic E-state index is 0.0295.